The van der Waals surface area contributed by atoms with Crippen LogP contribution < -0.4 is 11.1 Å². The summed E-state index contributed by atoms with van der Waals surface area (Å²) in [7, 11) is 1.44. The van der Waals surface area contributed by atoms with Crippen LogP contribution in [0, 0.1) is 13.8 Å². The molecule has 0 spiro atoms. The number of aromatic nitrogens is 2. The smallest absolute Gasteiger partial charge is 0.245 e. The molecule has 1 aromatic carbocycles. The molecule has 0 aliphatic carbocycles. The van der Waals surface area contributed by atoms with Gasteiger partial charge in [0.15, 0.2) is 0 Å². The van der Waals surface area contributed by atoms with Gasteiger partial charge >= 0.3 is 0 Å². The Balaban J connectivity index is 2.23. The molecule has 7 nitrogen and oxygen atoms in total. The quantitative estimate of drug-likeness (QED) is 0.765. The molecule has 0 saturated carbocycles. The van der Waals surface area contributed by atoms with Crippen LogP contribution in [0.4, 0.5) is 0 Å². The van der Waals surface area contributed by atoms with E-state index in [-0.39, 0.29) is 18.9 Å². The number of aryl methyl sites for hydroxylation is 1. The molecule has 0 saturated heterocycles. The van der Waals surface area contributed by atoms with Gasteiger partial charge in [0.1, 0.15) is 5.54 Å². The molecule has 1 atom stereocenters. The van der Waals surface area contributed by atoms with Gasteiger partial charge in [0.05, 0.1) is 24.4 Å². The molecule has 8 heteroatoms. The second-order valence-corrected chi connectivity index (χ2v) is 6.83. The van der Waals surface area contributed by atoms with E-state index >= 15 is 0 Å². The number of ether oxygens (including phenoxy) is 1. The van der Waals surface area contributed by atoms with E-state index in [9.17, 15) is 9.59 Å². The highest BCUT2D eigenvalue weighted by Gasteiger charge is 2.33. The fourth-order valence-corrected chi connectivity index (χ4v) is 2.86. The van der Waals surface area contributed by atoms with E-state index in [2.05, 4.69) is 10.4 Å². The van der Waals surface area contributed by atoms with Gasteiger partial charge in [-0.3, -0.25) is 9.59 Å². The largest absolute Gasteiger partial charge is 0.382 e. The fraction of sp³-hybridized carbons (Fsp3) is 0.389. The predicted molar refractivity (Wildman–Crippen MR) is 99.4 cm³/mol. The molecule has 26 heavy (non-hydrogen) atoms. The van der Waals surface area contributed by atoms with Gasteiger partial charge in [0, 0.05) is 23.4 Å². The Labute approximate surface area is 157 Å². The molecule has 0 bridgehead atoms. The number of hydrogen-bond donors (Lipinski definition) is 2. The van der Waals surface area contributed by atoms with Gasteiger partial charge in [-0.05, 0) is 45.0 Å². The number of rotatable bonds is 7. The maximum Gasteiger partial charge on any atom is 0.245 e. The molecule has 2 aromatic rings. The van der Waals surface area contributed by atoms with Gasteiger partial charge in [-0.15, -0.1) is 0 Å². The summed E-state index contributed by atoms with van der Waals surface area (Å²) in [4.78, 5) is 24.1. The van der Waals surface area contributed by atoms with E-state index in [0.717, 1.165) is 22.6 Å². The summed E-state index contributed by atoms with van der Waals surface area (Å²) in [6.07, 6.45) is 0.0812. The minimum Gasteiger partial charge on any atom is -0.382 e. The fourth-order valence-electron chi connectivity index (χ4n) is 2.73. The van der Waals surface area contributed by atoms with Crippen molar-refractivity contribution in [2.75, 3.05) is 13.7 Å². The first-order valence-corrected chi connectivity index (χ1v) is 8.46. The third-order valence-electron chi connectivity index (χ3n) is 4.24. The van der Waals surface area contributed by atoms with Crippen molar-refractivity contribution in [1.82, 2.24) is 15.1 Å². The van der Waals surface area contributed by atoms with Crippen molar-refractivity contribution in [2.45, 2.75) is 32.7 Å². The standard InChI is InChI=1S/C18H23ClN4O3/c1-11-15(9-16(24)21-18(3,10-26-4)17(20)25)12(2)23(22-11)14-7-5-13(19)6-8-14/h5-8H,9-10H2,1-4H3,(H2,20,25)(H,21,24). The van der Waals surface area contributed by atoms with E-state index in [1.807, 2.05) is 26.0 Å². The molecule has 0 fully saturated rings. The number of primary amides is 1. The summed E-state index contributed by atoms with van der Waals surface area (Å²) >= 11 is 5.93. The minimum absolute atomic E-state index is 0.00389. The normalized spacial score (nSPS) is 13.3. The molecule has 2 amide bonds. The maximum atomic E-state index is 12.5. The van der Waals surface area contributed by atoms with Crippen molar-refractivity contribution in [3.05, 3.63) is 46.2 Å². The number of hydrogen-bond acceptors (Lipinski definition) is 4. The highest BCUT2D eigenvalue weighted by Crippen LogP contribution is 2.20. The molecule has 0 aliphatic rings. The molecule has 0 aliphatic heterocycles. The van der Waals surface area contributed by atoms with Gasteiger partial charge in [0.2, 0.25) is 11.8 Å². The van der Waals surface area contributed by atoms with Crippen LogP contribution in [-0.4, -0.2) is 40.9 Å². The van der Waals surface area contributed by atoms with Crippen molar-refractivity contribution in [3.8, 4) is 5.69 Å². The van der Waals surface area contributed by atoms with Crippen molar-refractivity contribution in [3.63, 3.8) is 0 Å². The number of methoxy groups -OCH3 is 1. The highest BCUT2D eigenvalue weighted by molar-refractivity contribution is 6.30. The summed E-state index contributed by atoms with van der Waals surface area (Å²) in [6, 6.07) is 7.27. The van der Waals surface area contributed by atoms with Gasteiger partial charge in [-0.25, -0.2) is 4.68 Å². The van der Waals surface area contributed by atoms with E-state index in [0.29, 0.717) is 5.02 Å². The number of carbonyl (C=O) groups is 2. The SMILES string of the molecule is COCC(C)(NC(=O)Cc1c(C)nn(-c2ccc(Cl)cc2)c1C)C(N)=O. The summed E-state index contributed by atoms with van der Waals surface area (Å²) in [5.41, 5.74) is 7.35. The second-order valence-electron chi connectivity index (χ2n) is 6.39. The summed E-state index contributed by atoms with van der Waals surface area (Å²) in [6.45, 7) is 5.26. The van der Waals surface area contributed by atoms with Gasteiger partial charge in [-0.2, -0.15) is 5.10 Å². The Kier molecular flexibility index (Phi) is 6.05. The number of nitrogens with one attached hydrogen (secondary N) is 1. The first-order chi connectivity index (χ1) is 12.2. The average molecular weight is 379 g/mol. The van der Waals surface area contributed by atoms with Gasteiger partial charge in [0.25, 0.3) is 0 Å². The van der Waals surface area contributed by atoms with Crippen molar-refractivity contribution >= 4 is 23.4 Å². The van der Waals surface area contributed by atoms with Crippen LogP contribution in [0.5, 0.6) is 0 Å². The lowest BCUT2D eigenvalue weighted by molar-refractivity contribution is -0.132. The van der Waals surface area contributed by atoms with Crippen LogP contribution in [0.2, 0.25) is 5.02 Å². The van der Waals surface area contributed by atoms with E-state index in [1.165, 1.54) is 14.0 Å². The molecule has 3 N–H and O–H groups in total. The zero-order valence-corrected chi connectivity index (χ0v) is 16.1. The lowest BCUT2D eigenvalue weighted by atomic mass is 10.0. The molecule has 140 valence electrons. The van der Waals surface area contributed by atoms with Crippen molar-refractivity contribution in [1.29, 1.82) is 0 Å². The van der Waals surface area contributed by atoms with Crippen LogP contribution in [0.3, 0.4) is 0 Å². The van der Waals surface area contributed by atoms with E-state index < -0.39 is 11.4 Å². The number of carbonyl (C=O) groups excluding carboxylic acids is 2. The van der Waals surface area contributed by atoms with Crippen LogP contribution in [0.1, 0.15) is 23.9 Å². The zero-order valence-electron chi connectivity index (χ0n) is 15.3. The summed E-state index contributed by atoms with van der Waals surface area (Å²) < 4.78 is 6.76. The zero-order chi connectivity index (χ0) is 19.5. The Morgan fingerprint density at radius 1 is 1.31 bits per heavy atom. The highest BCUT2D eigenvalue weighted by atomic mass is 35.5. The predicted octanol–water partition coefficient (Wildman–Crippen LogP) is 1.69. The Bertz CT molecular complexity index is 817. The molecule has 0 radical (unpaired) electrons. The molecular formula is C18H23ClN4O3. The minimum atomic E-state index is -1.26. The first kappa shape index (κ1) is 19.9. The third-order valence-corrected chi connectivity index (χ3v) is 4.49. The number of benzene rings is 1. The van der Waals surface area contributed by atoms with Crippen LogP contribution in [-0.2, 0) is 20.7 Å². The monoisotopic (exact) mass is 378 g/mol. The number of nitrogens with two attached hydrogens (primary N) is 1. The molecule has 1 aromatic heterocycles. The molecular weight excluding hydrogens is 356 g/mol. The van der Waals surface area contributed by atoms with Crippen molar-refractivity contribution < 1.29 is 14.3 Å². The Morgan fingerprint density at radius 2 is 1.92 bits per heavy atom. The topological polar surface area (TPSA) is 99.2 Å². The summed E-state index contributed by atoms with van der Waals surface area (Å²) in [5.74, 6) is -0.983. The van der Waals surface area contributed by atoms with Crippen LogP contribution in [0.25, 0.3) is 5.69 Å². The van der Waals surface area contributed by atoms with Crippen LogP contribution in [0.15, 0.2) is 24.3 Å². The molecule has 2 rings (SSSR count). The summed E-state index contributed by atoms with van der Waals surface area (Å²) in [5, 5.41) is 7.81. The second kappa shape index (κ2) is 7.88. The van der Waals surface area contributed by atoms with Gasteiger partial charge < -0.3 is 15.8 Å². The Morgan fingerprint density at radius 3 is 2.46 bits per heavy atom. The average Bonchev–Trinajstić information content (AvgIpc) is 2.83. The number of halogens is 1. The molecule has 1 heterocycles. The van der Waals surface area contributed by atoms with Crippen molar-refractivity contribution in [2.24, 2.45) is 5.73 Å². The van der Waals surface area contributed by atoms with Gasteiger partial charge in [-0.1, -0.05) is 11.6 Å². The lowest BCUT2D eigenvalue weighted by Gasteiger charge is -2.26. The van der Waals surface area contributed by atoms with E-state index in [1.54, 1.807) is 16.8 Å². The first-order valence-electron chi connectivity index (χ1n) is 8.09. The number of amides is 2. The van der Waals surface area contributed by atoms with Crippen LogP contribution >= 0.6 is 11.6 Å². The number of nitrogens with zero attached hydrogens (tertiary/aromatic N) is 2. The molecule has 1 unspecified atom stereocenters. The third kappa shape index (κ3) is 4.23. The Hall–Kier alpha value is -2.38. The van der Waals surface area contributed by atoms with E-state index in [4.69, 9.17) is 22.1 Å². The lowest BCUT2D eigenvalue weighted by Crippen LogP contribution is -2.58. The maximum absolute atomic E-state index is 12.5.